The average Bonchev–Trinajstić information content (AvgIpc) is 2.21. The predicted octanol–water partition coefficient (Wildman–Crippen LogP) is 3.51. The molecule has 1 unspecified atom stereocenters. The quantitative estimate of drug-likeness (QED) is 0.718. The highest BCUT2D eigenvalue weighted by Gasteiger charge is 2.24. The van der Waals surface area contributed by atoms with E-state index in [4.69, 9.17) is 5.73 Å². The summed E-state index contributed by atoms with van der Waals surface area (Å²) in [6.07, 6.45) is 8.21. The summed E-state index contributed by atoms with van der Waals surface area (Å²) in [4.78, 5) is 2.53. The molecule has 0 radical (unpaired) electrons. The van der Waals surface area contributed by atoms with Crippen LogP contribution in [0, 0.1) is 17.3 Å². The highest BCUT2D eigenvalue weighted by Crippen LogP contribution is 2.32. The van der Waals surface area contributed by atoms with Gasteiger partial charge in [0.1, 0.15) is 0 Å². The van der Waals surface area contributed by atoms with Crippen LogP contribution in [0.2, 0.25) is 0 Å². The van der Waals surface area contributed by atoms with Gasteiger partial charge in [-0.2, -0.15) is 0 Å². The molecule has 1 aliphatic carbocycles. The minimum atomic E-state index is 0.409. The number of nitrogens with two attached hydrogens (primary N) is 1. The van der Waals surface area contributed by atoms with Crippen LogP contribution in [0.4, 0.5) is 0 Å². The molecular formula is C16H34N2. The maximum atomic E-state index is 5.74. The van der Waals surface area contributed by atoms with Gasteiger partial charge >= 0.3 is 0 Å². The number of nitrogens with zero attached hydrogens (tertiary/aromatic N) is 1. The molecule has 0 spiro atoms. The molecular weight excluding hydrogens is 220 g/mol. The fraction of sp³-hybridized carbons (Fsp3) is 1.00. The Balaban J connectivity index is 2.16. The molecule has 0 amide bonds. The lowest BCUT2D eigenvalue weighted by Gasteiger charge is -2.32. The van der Waals surface area contributed by atoms with Gasteiger partial charge in [0, 0.05) is 6.54 Å². The summed E-state index contributed by atoms with van der Waals surface area (Å²) in [6.45, 7) is 10.5. The molecule has 0 aliphatic heterocycles. The van der Waals surface area contributed by atoms with Gasteiger partial charge in [0.15, 0.2) is 0 Å². The van der Waals surface area contributed by atoms with E-state index in [0.29, 0.717) is 5.41 Å². The molecule has 108 valence electrons. The largest absolute Gasteiger partial charge is 0.330 e. The summed E-state index contributed by atoms with van der Waals surface area (Å²) >= 11 is 0. The van der Waals surface area contributed by atoms with Crippen molar-refractivity contribution in [3.63, 3.8) is 0 Å². The van der Waals surface area contributed by atoms with Gasteiger partial charge in [-0.1, -0.05) is 27.2 Å². The first-order chi connectivity index (χ1) is 8.43. The van der Waals surface area contributed by atoms with Crippen LogP contribution in [0.25, 0.3) is 0 Å². The highest BCUT2D eigenvalue weighted by atomic mass is 15.1. The molecule has 1 rings (SSSR count). The van der Waals surface area contributed by atoms with Crippen molar-refractivity contribution in [2.75, 3.05) is 26.7 Å². The molecule has 0 aromatic heterocycles. The lowest BCUT2D eigenvalue weighted by atomic mass is 9.76. The topological polar surface area (TPSA) is 29.3 Å². The smallest absolute Gasteiger partial charge is 0.000661 e. The van der Waals surface area contributed by atoms with Gasteiger partial charge in [0.25, 0.3) is 0 Å². The first-order valence-electron chi connectivity index (χ1n) is 7.82. The fourth-order valence-electron chi connectivity index (χ4n) is 3.03. The molecule has 1 fully saturated rings. The van der Waals surface area contributed by atoms with Crippen molar-refractivity contribution in [2.45, 2.75) is 59.3 Å². The van der Waals surface area contributed by atoms with Gasteiger partial charge < -0.3 is 10.6 Å². The molecule has 0 aromatic carbocycles. The lowest BCUT2D eigenvalue weighted by molar-refractivity contribution is 0.179. The first kappa shape index (κ1) is 16.0. The van der Waals surface area contributed by atoms with E-state index < -0.39 is 0 Å². The van der Waals surface area contributed by atoms with Gasteiger partial charge in [-0.15, -0.1) is 0 Å². The molecule has 1 aliphatic rings. The second kappa shape index (κ2) is 7.49. The van der Waals surface area contributed by atoms with Crippen LogP contribution in [0.15, 0.2) is 0 Å². The van der Waals surface area contributed by atoms with Gasteiger partial charge in [-0.3, -0.25) is 0 Å². The second-order valence-corrected chi connectivity index (χ2v) is 7.34. The van der Waals surface area contributed by atoms with Crippen molar-refractivity contribution < 1.29 is 0 Å². The van der Waals surface area contributed by atoms with Crippen LogP contribution in [-0.4, -0.2) is 31.6 Å². The van der Waals surface area contributed by atoms with Crippen molar-refractivity contribution in [1.29, 1.82) is 0 Å². The second-order valence-electron chi connectivity index (χ2n) is 7.34. The zero-order valence-corrected chi connectivity index (χ0v) is 13.0. The van der Waals surface area contributed by atoms with E-state index in [2.05, 4.69) is 32.7 Å². The summed E-state index contributed by atoms with van der Waals surface area (Å²) in [5.74, 6) is 1.78. The van der Waals surface area contributed by atoms with Crippen LogP contribution < -0.4 is 5.73 Å². The maximum absolute atomic E-state index is 5.74. The van der Waals surface area contributed by atoms with Gasteiger partial charge in [-0.25, -0.2) is 0 Å². The van der Waals surface area contributed by atoms with Crippen LogP contribution >= 0.6 is 0 Å². The van der Waals surface area contributed by atoms with Crippen molar-refractivity contribution in [2.24, 2.45) is 23.0 Å². The van der Waals surface area contributed by atoms with E-state index in [1.54, 1.807) is 0 Å². The van der Waals surface area contributed by atoms with Crippen molar-refractivity contribution in [3.8, 4) is 0 Å². The standard InChI is InChI=1S/C16H34N2/c1-16(2,3)15(10-11-17)9-6-12-18(4)13-14-7-5-8-14/h14-15H,5-13,17H2,1-4H3. The van der Waals surface area contributed by atoms with Crippen molar-refractivity contribution in [3.05, 3.63) is 0 Å². The minimum absolute atomic E-state index is 0.409. The van der Waals surface area contributed by atoms with E-state index >= 15 is 0 Å². The predicted molar refractivity (Wildman–Crippen MR) is 80.7 cm³/mol. The summed E-state index contributed by atoms with van der Waals surface area (Å²) in [5.41, 5.74) is 6.15. The Morgan fingerprint density at radius 2 is 1.89 bits per heavy atom. The van der Waals surface area contributed by atoms with Gasteiger partial charge in [0.05, 0.1) is 0 Å². The van der Waals surface area contributed by atoms with Gasteiger partial charge in [0.2, 0.25) is 0 Å². The molecule has 2 heteroatoms. The monoisotopic (exact) mass is 254 g/mol. The SMILES string of the molecule is CN(CCCC(CCN)C(C)(C)C)CC1CCC1. The molecule has 0 bridgehead atoms. The summed E-state index contributed by atoms with van der Waals surface area (Å²) in [5, 5.41) is 0. The normalized spacial score (nSPS) is 19.0. The van der Waals surface area contributed by atoms with E-state index in [0.717, 1.165) is 18.4 Å². The third kappa shape index (κ3) is 5.71. The zero-order valence-electron chi connectivity index (χ0n) is 13.0. The lowest BCUT2D eigenvalue weighted by Crippen LogP contribution is -2.31. The van der Waals surface area contributed by atoms with Crippen LogP contribution in [0.5, 0.6) is 0 Å². The summed E-state index contributed by atoms with van der Waals surface area (Å²) in [6, 6.07) is 0. The molecule has 2 nitrogen and oxygen atoms in total. The molecule has 0 heterocycles. The Morgan fingerprint density at radius 1 is 1.22 bits per heavy atom. The van der Waals surface area contributed by atoms with Crippen molar-refractivity contribution >= 4 is 0 Å². The average molecular weight is 254 g/mol. The third-order valence-corrected chi connectivity index (χ3v) is 4.63. The van der Waals surface area contributed by atoms with E-state index in [9.17, 15) is 0 Å². The molecule has 18 heavy (non-hydrogen) atoms. The van der Waals surface area contributed by atoms with Crippen LogP contribution in [-0.2, 0) is 0 Å². The minimum Gasteiger partial charge on any atom is -0.330 e. The molecule has 0 aromatic rings. The fourth-order valence-corrected chi connectivity index (χ4v) is 3.03. The Morgan fingerprint density at radius 3 is 2.33 bits per heavy atom. The van der Waals surface area contributed by atoms with Gasteiger partial charge in [-0.05, 0) is 69.5 Å². The first-order valence-corrected chi connectivity index (χ1v) is 7.82. The Labute approximate surface area is 114 Å². The maximum Gasteiger partial charge on any atom is 0.000661 e. The Hall–Kier alpha value is -0.0800. The molecule has 0 saturated heterocycles. The van der Waals surface area contributed by atoms with E-state index in [1.807, 2.05) is 0 Å². The Bertz CT molecular complexity index is 216. The zero-order chi connectivity index (χ0) is 13.6. The number of hydrogen-bond acceptors (Lipinski definition) is 2. The number of rotatable bonds is 8. The highest BCUT2D eigenvalue weighted by molar-refractivity contribution is 4.76. The molecule has 1 saturated carbocycles. The summed E-state index contributed by atoms with van der Waals surface area (Å²) < 4.78 is 0. The molecule has 1 atom stereocenters. The Kier molecular flexibility index (Phi) is 6.65. The van der Waals surface area contributed by atoms with Crippen molar-refractivity contribution in [1.82, 2.24) is 4.90 Å². The molecule has 2 N–H and O–H groups in total. The van der Waals surface area contributed by atoms with E-state index in [1.165, 1.54) is 51.6 Å². The van der Waals surface area contributed by atoms with Crippen LogP contribution in [0.3, 0.4) is 0 Å². The summed E-state index contributed by atoms with van der Waals surface area (Å²) in [7, 11) is 2.29. The van der Waals surface area contributed by atoms with E-state index in [-0.39, 0.29) is 0 Å². The number of hydrogen-bond donors (Lipinski definition) is 1. The third-order valence-electron chi connectivity index (χ3n) is 4.63. The van der Waals surface area contributed by atoms with Crippen LogP contribution in [0.1, 0.15) is 59.3 Å².